The van der Waals surface area contributed by atoms with E-state index in [0.29, 0.717) is 11.5 Å². The highest BCUT2D eigenvalue weighted by molar-refractivity contribution is 5.94. The number of hydrogen-bond donors (Lipinski definition) is 1. The van der Waals surface area contributed by atoms with Crippen molar-refractivity contribution in [1.82, 2.24) is 14.6 Å². The molecule has 0 fully saturated rings. The van der Waals surface area contributed by atoms with Gasteiger partial charge in [-0.1, -0.05) is 6.58 Å². The van der Waals surface area contributed by atoms with Crippen molar-refractivity contribution >= 4 is 17.7 Å². The number of aromatic carboxylic acids is 1. The van der Waals surface area contributed by atoms with Gasteiger partial charge >= 0.3 is 5.97 Å². The van der Waals surface area contributed by atoms with Crippen LogP contribution in [0.4, 0.5) is 0 Å². The molecule has 0 aliphatic carbocycles. The summed E-state index contributed by atoms with van der Waals surface area (Å²) in [6, 6.07) is 3.09. The Balaban J connectivity index is 2.79. The van der Waals surface area contributed by atoms with Gasteiger partial charge in [-0.25, -0.2) is 14.3 Å². The van der Waals surface area contributed by atoms with Gasteiger partial charge in [0.1, 0.15) is 5.56 Å². The van der Waals surface area contributed by atoms with Crippen molar-refractivity contribution in [2.75, 3.05) is 0 Å². The van der Waals surface area contributed by atoms with Crippen molar-refractivity contribution in [3.63, 3.8) is 0 Å². The smallest absolute Gasteiger partial charge is 0.339 e. The van der Waals surface area contributed by atoms with E-state index in [4.69, 9.17) is 5.11 Å². The molecular formula is C9H7N3O2. The molecule has 0 spiro atoms. The van der Waals surface area contributed by atoms with E-state index >= 15 is 0 Å². The first-order valence-corrected chi connectivity index (χ1v) is 3.93. The number of nitrogens with zero attached hydrogens (tertiary/aromatic N) is 3. The van der Waals surface area contributed by atoms with Crippen LogP contribution in [0.25, 0.3) is 11.7 Å². The van der Waals surface area contributed by atoms with Crippen LogP contribution in [0.3, 0.4) is 0 Å². The lowest BCUT2D eigenvalue weighted by Gasteiger charge is -1.94. The number of carboxylic acid groups (broad SMARTS) is 1. The van der Waals surface area contributed by atoms with E-state index in [9.17, 15) is 4.79 Å². The summed E-state index contributed by atoms with van der Waals surface area (Å²) in [5.74, 6) is -0.600. The van der Waals surface area contributed by atoms with Gasteiger partial charge in [-0.15, -0.1) is 5.10 Å². The number of fused-ring (bicyclic) bond motifs is 1. The Morgan fingerprint density at radius 1 is 1.64 bits per heavy atom. The van der Waals surface area contributed by atoms with Crippen molar-refractivity contribution in [1.29, 1.82) is 0 Å². The van der Waals surface area contributed by atoms with Crippen LogP contribution in [0.5, 0.6) is 0 Å². The minimum Gasteiger partial charge on any atom is -0.478 e. The van der Waals surface area contributed by atoms with Gasteiger partial charge in [0.15, 0.2) is 11.5 Å². The van der Waals surface area contributed by atoms with E-state index in [1.807, 2.05) is 0 Å². The molecule has 2 aromatic rings. The number of pyridine rings is 1. The first-order chi connectivity index (χ1) is 6.72. The Morgan fingerprint density at radius 3 is 3.07 bits per heavy atom. The highest BCUT2D eigenvalue weighted by Crippen LogP contribution is 2.08. The summed E-state index contributed by atoms with van der Waals surface area (Å²) >= 11 is 0. The Kier molecular flexibility index (Phi) is 1.78. The van der Waals surface area contributed by atoms with Crippen LogP contribution < -0.4 is 0 Å². The van der Waals surface area contributed by atoms with E-state index in [0.717, 1.165) is 0 Å². The molecule has 0 aliphatic rings. The van der Waals surface area contributed by atoms with Crippen LogP contribution >= 0.6 is 0 Å². The molecule has 0 saturated carbocycles. The number of carboxylic acids is 1. The van der Waals surface area contributed by atoms with Crippen molar-refractivity contribution in [2.45, 2.75) is 0 Å². The lowest BCUT2D eigenvalue weighted by Crippen LogP contribution is -2.00. The predicted molar refractivity (Wildman–Crippen MR) is 50.0 cm³/mol. The molecule has 1 N–H and O–H groups in total. The lowest BCUT2D eigenvalue weighted by atomic mass is 10.3. The Bertz CT molecular complexity index is 516. The molecule has 0 bridgehead atoms. The lowest BCUT2D eigenvalue weighted by molar-refractivity contribution is 0.0698. The average molecular weight is 189 g/mol. The van der Waals surface area contributed by atoms with Gasteiger partial charge in [0, 0.05) is 6.20 Å². The molecule has 2 aromatic heterocycles. The Morgan fingerprint density at radius 2 is 2.43 bits per heavy atom. The maximum atomic E-state index is 10.8. The van der Waals surface area contributed by atoms with Gasteiger partial charge in [-0.3, -0.25) is 0 Å². The number of aromatic nitrogens is 3. The highest BCUT2D eigenvalue weighted by atomic mass is 16.4. The summed E-state index contributed by atoms with van der Waals surface area (Å²) in [4.78, 5) is 14.8. The fourth-order valence-electron chi connectivity index (χ4n) is 1.18. The molecule has 5 nitrogen and oxygen atoms in total. The van der Waals surface area contributed by atoms with E-state index < -0.39 is 5.97 Å². The average Bonchev–Trinajstić information content (AvgIpc) is 2.59. The van der Waals surface area contributed by atoms with Crippen molar-refractivity contribution < 1.29 is 9.90 Å². The fourth-order valence-corrected chi connectivity index (χ4v) is 1.18. The monoisotopic (exact) mass is 189 g/mol. The number of hydrogen-bond acceptors (Lipinski definition) is 3. The topological polar surface area (TPSA) is 67.5 Å². The summed E-state index contributed by atoms with van der Waals surface area (Å²) in [5.41, 5.74) is 0.461. The van der Waals surface area contributed by atoms with E-state index in [1.165, 1.54) is 16.7 Å². The molecule has 0 saturated heterocycles. The van der Waals surface area contributed by atoms with Gasteiger partial charge in [-0.05, 0) is 18.2 Å². The number of carbonyl (C=O) groups is 1. The summed E-state index contributed by atoms with van der Waals surface area (Å²) in [6.45, 7) is 3.51. The summed E-state index contributed by atoms with van der Waals surface area (Å²) < 4.78 is 1.42. The zero-order valence-corrected chi connectivity index (χ0v) is 7.21. The first-order valence-electron chi connectivity index (χ1n) is 3.93. The quantitative estimate of drug-likeness (QED) is 0.767. The SMILES string of the molecule is C=Cc1nc2c(C(=O)O)cccn2n1. The first kappa shape index (κ1) is 8.43. The third-order valence-corrected chi connectivity index (χ3v) is 1.79. The Labute approximate surface area is 79.3 Å². The zero-order chi connectivity index (χ0) is 10.1. The van der Waals surface area contributed by atoms with Crippen LogP contribution in [0.1, 0.15) is 16.2 Å². The minimum atomic E-state index is -1.02. The van der Waals surface area contributed by atoms with Crippen molar-refractivity contribution in [3.8, 4) is 0 Å². The second-order valence-electron chi connectivity index (χ2n) is 2.67. The zero-order valence-electron chi connectivity index (χ0n) is 7.21. The summed E-state index contributed by atoms with van der Waals surface area (Å²) in [7, 11) is 0. The van der Waals surface area contributed by atoms with Crippen LogP contribution in [0.2, 0.25) is 0 Å². The maximum absolute atomic E-state index is 10.8. The third-order valence-electron chi connectivity index (χ3n) is 1.79. The van der Waals surface area contributed by atoms with Gasteiger partial charge < -0.3 is 5.11 Å². The molecular weight excluding hydrogens is 182 g/mol. The molecule has 0 amide bonds. The van der Waals surface area contributed by atoms with Gasteiger partial charge in [0.2, 0.25) is 0 Å². The number of rotatable bonds is 2. The molecule has 0 aliphatic heterocycles. The van der Waals surface area contributed by atoms with Crippen molar-refractivity contribution in [2.24, 2.45) is 0 Å². The minimum absolute atomic E-state index is 0.133. The van der Waals surface area contributed by atoms with Crippen LogP contribution in [-0.4, -0.2) is 25.7 Å². The van der Waals surface area contributed by atoms with E-state index in [1.54, 1.807) is 12.3 Å². The normalized spacial score (nSPS) is 10.3. The van der Waals surface area contributed by atoms with E-state index in [2.05, 4.69) is 16.7 Å². The van der Waals surface area contributed by atoms with E-state index in [-0.39, 0.29) is 5.56 Å². The molecule has 2 heterocycles. The van der Waals surface area contributed by atoms with Crippen LogP contribution in [-0.2, 0) is 0 Å². The molecule has 0 unspecified atom stereocenters. The van der Waals surface area contributed by atoms with Crippen LogP contribution in [0, 0.1) is 0 Å². The fraction of sp³-hybridized carbons (Fsp3) is 0. The molecule has 70 valence electrons. The molecule has 5 heteroatoms. The molecule has 14 heavy (non-hydrogen) atoms. The van der Waals surface area contributed by atoms with Gasteiger partial charge in [-0.2, -0.15) is 0 Å². The predicted octanol–water partition coefficient (Wildman–Crippen LogP) is 1.07. The second kappa shape index (κ2) is 2.95. The standard InChI is InChI=1S/C9H7N3O2/c1-2-7-10-8-6(9(13)14)4-3-5-12(8)11-7/h2-5H,1H2,(H,13,14). The summed E-state index contributed by atoms with van der Waals surface area (Å²) in [6.07, 6.45) is 3.11. The molecule has 0 aromatic carbocycles. The third kappa shape index (κ3) is 1.15. The highest BCUT2D eigenvalue weighted by Gasteiger charge is 2.11. The largest absolute Gasteiger partial charge is 0.478 e. The van der Waals surface area contributed by atoms with Gasteiger partial charge in [0.05, 0.1) is 0 Å². The maximum Gasteiger partial charge on any atom is 0.339 e. The second-order valence-corrected chi connectivity index (χ2v) is 2.67. The molecule has 0 atom stereocenters. The van der Waals surface area contributed by atoms with Gasteiger partial charge in [0.25, 0.3) is 0 Å². The molecule has 2 rings (SSSR count). The summed E-state index contributed by atoms with van der Waals surface area (Å²) in [5, 5.41) is 12.9. The van der Waals surface area contributed by atoms with Crippen molar-refractivity contribution in [3.05, 3.63) is 36.3 Å². The van der Waals surface area contributed by atoms with Crippen LogP contribution in [0.15, 0.2) is 24.9 Å². The Hall–Kier alpha value is -2.17. The molecule has 0 radical (unpaired) electrons.